The molecule has 0 atom stereocenters. The number of anilines is 3. The minimum absolute atomic E-state index is 0.0401. The van der Waals surface area contributed by atoms with E-state index in [0.717, 1.165) is 0 Å². The zero-order chi connectivity index (χ0) is 22.8. The zero-order valence-corrected chi connectivity index (χ0v) is 19.4. The minimum atomic E-state index is -3.99. The van der Waals surface area contributed by atoms with E-state index < -0.39 is 10.0 Å². The molecule has 0 aliphatic carbocycles. The van der Waals surface area contributed by atoms with Gasteiger partial charge in [0.2, 0.25) is 11.7 Å². The van der Waals surface area contributed by atoms with Gasteiger partial charge < -0.3 is 19.5 Å². The Labute approximate surface area is 189 Å². The van der Waals surface area contributed by atoms with Crippen molar-refractivity contribution < 1.29 is 22.6 Å². The normalized spacial score (nSPS) is 11.2. The van der Waals surface area contributed by atoms with Gasteiger partial charge in [0.25, 0.3) is 16.0 Å². The van der Waals surface area contributed by atoms with Gasteiger partial charge in [0, 0.05) is 27.7 Å². The standard InChI is InChI=1S/C18H20ClN5O5S2/c1-9-5-15(14(30)8-11(9)19)31(25,26)24-18-21-17(22-23-18)20-10-6-12(27-2)16(29-4)13(7-10)28-3/h5-8,30H,1-4H3,(H3,20,21,22,23,24). The highest BCUT2D eigenvalue weighted by molar-refractivity contribution is 7.93. The van der Waals surface area contributed by atoms with Crippen molar-refractivity contribution in [2.75, 3.05) is 31.4 Å². The van der Waals surface area contributed by atoms with Crippen molar-refractivity contribution >= 4 is 51.8 Å². The third-order valence-electron chi connectivity index (χ3n) is 4.17. The molecular formula is C18H20ClN5O5S2. The van der Waals surface area contributed by atoms with Crippen LogP contribution in [0.2, 0.25) is 5.02 Å². The first-order valence-electron chi connectivity index (χ1n) is 8.70. The Kier molecular flexibility index (Phi) is 6.72. The van der Waals surface area contributed by atoms with Crippen LogP contribution in [0.1, 0.15) is 5.56 Å². The molecule has 10 nitrogen and oxygen atoms in total. The molecule has 0 saturated carbocycles. The van der Waals surface area contributed by atoms with Crippen LogP contribution in [0.3, 0.4) is 0 Å². The Hall–Kier alpha value is -2.83. The monoisotopic (exact) mass is 485 g/mol. The van der Waals surface area contributed by atoms with Crippen LogP contribution < -0.4 is 24.2 Å². The van der Waals surface area contributed by atoms with Gasteiger partial charge in [-0.2, -0.15) is 4.98 Å². The van der Waals surface area contributed by atoms with Crippen LogP contribution in [-0.4, -0.2) is 44.9 Å². The number of nitrogens with zero attached hydrogens (tertiary/aromatic N) is 2. The van der Waals surface area contributed by atoms with E-state index in [9.17, 15) is 8.42 Å². The highest BCUT2D eigenvalue weighted by Crippen LogP contribution is 2.40. The number of halogens is 1. The number of rotatable bonds is 8. The molecule has 31 heavy (non-hydrogen) atoms. The van der Waals surface area contributed by atoms with Crippen molar-refractivity contribution in [3.8, 4) is 17.2 Å². The fourth-order valence-electron chi connectivity index (χ4n) is 2.69. The zero-order valence-electron chi connectivity index (χ0n) is 17.0. The van der Waals surface area contributed by atoms with E-state index in [0.29, 0.717) is 33.5 Å². The molecule has 0 saturated heterocycles. The van der Waals surface area contributed by atoms with Gasteiger partial charge in [-0.25, -0.2) is 18.2 Å². The van der Waals surface area contributed by atoms with Gasteiger partial charge in [-0.1, -0.05) is 11.6 Å². The van der Waals surface area contributed by atoms with E-state index in [1.54, 1.807) is 19.1 Å². The van der Waals surface area contributed by atoms with E-state index in [2.05, 4.69) is 37.8 Å². The highest BCUT2D eigenvalue weighted by Gasteiger charge is 2.21. The van der Waals surface area contributed by atoms with Gasteiger partial charge in [-0.05, 0) is 24.6 Å². The Bertz CT molecular complexity index is 1190. The number of ether oxygens (including phenoxy) is 3. The van der Waals surface area contributed by atoms with Gasteiger partial charge in [0.05, 0.1) is 21.3 Å². The summed E-state index contributed by atoms with van der Waals surface area (Å²) in [6, 6.07) is 6.22. The van der Waals surface area contributed by atoms with Crippen molar-refractivity contribution in [1.82, 2.24) is 15.2 Å². The third-order valence-corrected chi connectivity index (χ3v) is 6.46. The lowest BCUT2D eigenvalue weighted by Gasteiger charge is -2.14. The van der Waals surface area contributed by atoms with Crippen molar-refractivity contribution in [3.63, 3.8) is 0 Å². The predicted octanol–water partition coefficient (Wildman–Crippen LogP) is 3.63. The number of aryl methyl sites for hydroxylation is 1. The van der Waals surface area contributed by atoms with Crippen LogP contribution in [0.5, 0.6) is 17.2 Å². The number of H-pyrrole nitrogens is 1. The lowest BCUT2D eigenvalue weighted by atomic mass is 10.2. The van der Waals surface area contributed by atoms with Crippen molar-refractivity contribution in [2.24, 2.45) is 0 Å². The molecule has 2 aromatic carbocycles. The minimum Gasteiger partial charge on any atom is -0.493 e. The first kappa shape index (κ1) is 22.8. The molecule has 0 aliphatic rings. The number of aromatic amines is 1. The van der Waals surface area contributed by atoms with Crippen molar-refractivity contribution in [2.45, 2.75) is 16.7 Å². The summed E-state index contributed by atoms with van der Waals surface area (Å²) in [7, 11) is 0.506. The first-order valence-corrected chi connectivity index (χ1v) is 11.0. The van der Waals surface area contributed by atoms with Gasteiger partial charge in [0.1, 0.15) is 4.90 Å². The quantitative estimate of drug-likeness (QED) is 0.356. The lowest BCUT2D eigenvalue weighted by molar-refractivity contribution is 0.324. The summed E-state index contributed by atoms with van der Waals surface area (Å²) in [5, 5.41) is 9.88. The summed E-state index contributed by atoms with van der Waals surface area (Å²) < 4.78 is 43.7. The molecule has 3 aromatic rings. The van der Waals surface area contributed by atoms with E-state index in [1.807, 2.05) is 0 Å². The Morgan fingerprint density at radius 1 is 1.06 bits per heavy atom. The number of nitrogens with one attached hydrogen (secondary N) is 3. The van der Waals surface area contributed by atoms with E-state index in [4.69, 9.17) is 25.8 Å². The summed E-state index contributed by atoms with van der Waals surface area (Å²) in [6.45, 7) is 1.70. The number of methoxy groups -OCH3 is 3. The fraction of sp³-hybridized carbons (Fsp3) is 0.222. The average Bonchev–Trinajstić information content (AvgIpc) is 3.15. The smallest absolute Gasteiger partial charge is 0.265 e. The lowest BCUT2D eigenvalue weighted by Crippen LogP contribution is -2.15. The summed E-state index contributed by atoms with van der Waals surface area (Å²) in [4.78, 5) is 4.27. The molecule has 13 heteroatoms. The third kappa shape index (κ3) is 4.92. The molecule has 166 valence electrons. The van der Waals surface area contributed by atoms with Crippen LogP contribution in [-0.2, 0) is 10.0 Å². The second-order valence-corrected chi connectivity index (χ2v) is 8.76. The number of hydrogen-bond donors (Lipinski definition) is 4. The molecular weight excluding hydrogens is 466 g/mol. The van der Waals surface area contributed by atoms with E-state index in [-0.39, 0.29) is 21.7 Å². The Morgan fingerprint density at radius 2 is 1.71 bits per heavy atom. The van der Waals surface area contributed by atoms with Gasteiger partial charge in [-0.15, -0.1) is 17.7 Å². The molecule has 0 aliphatic heterocycles. The van der Waals surface area contributed by atoms with Crippen LogP contribution in [0, 0.1) is 6.92 Å². The first-order chi connectivity index (χ1) is 14.7. The molecule has 0 unspecified atom stereocenters. The van der Waals surface area contributed by atoms with Crippen molar-refractivity contribution in [1.29, 1.82) is 0 Å². The topological polar surface area (TPSA) is 127 Å². The highest BCUT2D eigenvalue weighted by atomic mass is 35.5. The molecule has 0 radical (unpaired) electrons. The van der Waals surface area contributed by atoms with Crippen LogP contribution >= 0.6 is 24.2 Å². The Morgan fingerprint density at radius 3 is 2.29 bits per heavy atom. The molecule has 0 fully saturated rings. The summed E-state index contributed by atoms with van der Waals surface area (Å²) in [6.07, 6.45) is 0. The van der Waals surface area contributed by atoms with Gasteiger partial charge in [0.15, 0.2) is 11.5 Å². The van der Waals surface area contributed by atoms with Gasteiger partial charge >= 0.3 is 0 Å². The molecule has 0 spiro atoms. The van der Waals surface area contributed by atoms with E-state index in [1.165, 1.54) is 33.5 Å². The molecule has 3 N–H and O–H groups in total. The molecule has 0 bridgehead atoms. The average molecular weight is 486 g/mol. The molecule has 1 heterocycles. The van der Waals surface area contributed by atoms with E-state index >= 15 is 0 Å². The summed E-state index contributed by atoms with van der Waals surface area (Å²) >= 11 is 10.2. The van der Waals surface area contributed by atoms with Crippen LogP contribution in [0.25, 0.3) is 0 Å². The maximum absolute atomic E-state index is 12.7. The largest absolute Gasteiger partial charge is 0.493 e. The van der Waals surface area contributed by atoms with Crippen LogP contribution in [0.15, 0.2) is 34.1 Å². The summed E-state index contributed by atoms with van der Waals surface area (Å²) in [5.74, 6) is 1.33. The predicted molar refractivity (Wildman–Crippen MR) is 120 cm³/mol. The Balaban J connectivity index is 1.83. The second-order valence-electron chi connectivity index (χ2n) is 6.22. The van der Waals surface area contributed by atoms with Gasteiger partial charge in [-0.3, -0.25) is 0 Å². The maximum atomic E-state index is 12.7. The fourth-order valence-corrected chi connectivity index (χ4v) is 4.59. The molecule has 0 amide bonds. The number of sulfonamides is 1. The number of hydrogen-bond acceptors (Lipinski definition) is 9. The number of thiol groups is 1. The van der Waals surface area contributed by atoms with Crippen LogP contribution in [0.4, 0.5) is 17.6 Å². The second kappa shape index (κ2) is 9.12. The maximum Gasteiger partial charge on any atom is 0.265 e. The van der Waals surface area contributed by atoms with Crippen molar-refractivity contribution in [3.05, 3.63) is 34.9 Å². The number of benzene rings is 2. The molecule has 3 rings (SSSR count). The summed E-state index contributed by atoms with van der Waals surface area (Å²) in [5.41, 5.74) is 1.14. The SMILES string of the molecule is COc1cc(Nc2nc(NS(=O)(=O)c3cc(C)c(Cl)cc3S)n[nH]2)cc(OC)c1OC. The molecule has 1 aromatic heterocycles. The number of aromatic nitrogens is 3.